The SMILES string of the molecule is C=C/C(=C(/OCc1ccc2c(c1C)CCN(C1COC1)C2)C(=C)C)c1cccc2[n+]1C(C)O/C(=C(/C=N)C(=O)O)N2. The van der Waals surface area contributed by atoms with Crippen molar-refractivity contribution in [2.75, 3.05) is 25.1 Å². The van der Waals surface area contributed by atoms with Crippen molar-refractivity contribution in [1.82, 2.24) is 4.90 Å². The van der Waals surface area contributed by atoms with Gasteiger partial charge in [-0.05, 0) is 60.2 Å². The molecule has 5 rings (SSSR count). The molecule has 1 saturated heterocycles. The average Bonchev–Trinajstić information content (AvgIpc) is 2.91. The topological polar surface area (TPSA) is 108 Å². The third-order valence-electron chi connectivity index (χ3n) is 7.99. The minimum Gasteiger partial charge on any atom is -0.488 e. The Hall–Kier alpha value is -4.21. The van der Waals surface area contributed by atoms with Crippen molar-refractivity contribution >= 4 is 23.6 Å². The van der Waals surface area contributed by atoms with E-state index in [4.69, 9.17) is 19.6 Å². The normalized spacial score (nSPS) is 20.2. The summed E-state index contributed by atoms with van der Waals surface area (Å²) in [5.41, 5.74) is 7.19. The van der Waals surface area contributed by atoms with Gasteiger partial charge in [0.2, 0.25) is 6.23 Å². The first-order chi connectivity index (χ1) is 19.7. The van der Waals surface area contributed by atoms with E-state index in [1.807, 2.05) is 36.6 Å². The van der Waals surface area contributed by atoms with Crippen LogP contribution in [0.25, 0.3) is 5.57 Å². The molecular weight excluding hydrogens is 520 g/mol. The van der Waals surface area contributed by atoms with E-state index in [1.54, 1.807) is 6.08 Å². The van der Waals surface area contributed by atoms with Gasteiger partial charge in [0, 0.05) is 32.3 Å². The van der Waals surface area contributed by atoms with Gasteiger partial charge >= 0.3 is 11.9 Å². The van der Waals surface area contributed by atoms with Crippen LogP contribution < -0.4 is 9.88 Å². The maximum Gasteiger partial charge on any atom is 0.345 e. The third kappa shape index (κ3) is 5.42. The number of hydrogen-bond donors (Lipinski definition) is 3. The third-order valence-corrected chi connectivity index (χ3v) is 7.99. The average molecular weight is 558 g/mol. The summed E-state index contributed by atoms with van der Waals surface area (Å²) in [5.74, 6) is 0.00938. The molecule has 0 bridgehead atoms. The standard InChI is InChI=1S/C32H36N4O5/c1-6-25(28-8-7-9-29-34-31(27(14-33)32(37)38)41-21(5)36(28)29)30(19(2)3)40-16-23-11-10-22-15-35(24-17-39-18-24)13-12-26(22)20(23)4/h6-11,14,21,24,33H,1-2,12-13,15-18H2,3-5H3,(H,37,38)/p+1/b30-25-,31-27-,33-14?. The molecule has 1 fully saturated rings. The number of aromatic nitrogens is 1. The zero-order chi connectivity index (χ0) is 29.3. The highest BCUT2D eigenvalue weighted by Crippen LogP contribution is 2.31. The van der Waals surface area contributed by atoms with Gasteiger partial charge in [0.15, 0.2) is 5.57 Å². The van der Waals surface area contributed by atoms with E-state index in [0.717, 1.165) is 61.3 Å². The minimum atomic E-state index is -1.24. The van der Waals surface area contributed by atoms with Gasteiger partial charge in [-0.15, -0.1) is 0 Å². The first-order valence-electron chi connectivity index (χ1n) is 13.8. The van der Waals surface area contributed by atoms with Gasteiger partial charge in [-0.2, -0.15) is 4.57 Å². The number of carboxylic acid groups (broad SMARTS) is 1. The van der Waals surface area contributed by atoms with Crippen LogP contribution in [0.1, 0.15) is 48.0 Å². The number of carboxylic acids is 1. The molecule has 0 radical (unpaired) electrons. The Bertz CT molecular complexity index is 1490. The van der Waals surface area contributed by atoms with Gasteiger partial charge in [0.25, 0.3) is 5.82 Å². The maximum absolute atomic E-state index is 11.6. The molecule has 1 atom stereocenters. The van der Waals surface area contributed by atoms with Gasteiger partial charge in [0.05, 0.1) is 24.8 Å². The summed E-state index contributed by atoms with van der Waals surface area (Å²) in [5, 5.41) is 20.0. The number of aliphatic carboxylic acids is 1. The molecule has 9 nitrogen and oxygen atoms in total. The predicted octanol–water partition coefficient (Wildman–Crippen LogP) is 4.64. The van der Waals surface area contributed by atoms with Crippen LogP contribution in [0, 0.1) is 12.3 Å². The highest BCUT2D eigenvalue weighted by atomic mass is 16.5. The predicted molar refractivity (Wildman–Crippen MR) is 156 cm³/mol. The summed E-state index contributed by atoms with van der Waals surface area (Å²) in [7, 11) is 0. The lowest BCUT2D eigenvalue weighted by atomic mass is 9.91. The van der Waals surface area contributed by atoms with E-state index in [9.17, 15) is 9.90 Å². The number of anilines is 1. The quantitative estimate of drug-likeness (QED) is 0.136. The first-order valence-corrected chi connectivity index (χ1v) is 13.8. The highest BCUT2D eigenvalue weighted by Gasteiger charge is 2.34. The van der Waals surface area contributed by atoms with E-state index >= 15 is 0 Å². The molecule has 1 aromatic carbocycles. The number of carbonyl (C=O) groups is 1. The number of nitrogens with zero attached hydrogens (tertiary/aromatic N) is 2. The Labute approximate surface area is 240 Å². The van der Waals surface area contributed by atoms with Crippen LogP contribution in [0.3, 0.4) is 0 Å². The molecule has 3 aliphatic heterocycles. The molecule has 1 unspecified atom stereocenters. The molecule has 9 heteroatoms. The van der Waals surface area contributed by atoms with Gasteiger partial charge in [-0.25, -0.2) is 10.1 Å². The molecule has 0 saturated carbocycles. The van der Waals surface area contributed by atoms with Crippen molar-refractivity contribution in [3.8, 4) is 0 Å². The molecule has 214 valence electrons. The molecule has 41 heavy (non-hydrogen) atoms. The largest absolute Gasteiger partial charge is 0.488 e. The fourth-order valence-corrected chi connectivity index (χ4v) is 5.67. The number of rotatable bonds is 9. The summed E-state index contributed by atoms with van der Waals surface area (Å²) < 4.78 is 19.7. The Kier molecular flexibility index (Phi) is 8.10. The lowest BCUT2D eigenvalue weighted by Crippen LogP contribution is -2.50. The van der Waals surface area contributed by atoms with Crippen molar-refractivity contribution in [1.29, 1.82) is 5.41 Å². The number of allylic oxidation sites excluding steroid dienone is 3. The molecule has 4 heterocycles. The zero-order valence-electron chi connectivity index (χ0n) is 23.8. The fourth-order valence-electron chi connectivity index (χ4n) is 5.67. The molecular formula is C32H37N4O5+. The number of fused-ring (bicyclic) bond motifs is 2. The monoisotopic (exact) mass is 557 g/mol. The molecule has 2 aromatic rings. The molecule has 0 spiro atoms. The Balaban J connectivity index is 1.44. The van der Waals surface area contributed by atoms with Crippen LogP contribution in [0.4, 0.5) is 5.82 Å². The molecule has 3 N–H and O–H groups in total. The van der Waals surface area contributed by atoms with Gasteiger partial charge < -0.3 is 24.7 Å². The van der Waals surface area contributed by atoms with Gasteiger partial charge in [-0.3, -0.25) is 4.90 Å². The molecule has 0 aliphatic carbocycles. The van der Waals surface area contributed by atoms with Crippen molar-refractivity contribution in [2.45, 2.75) is 52.6 Å². The summed E-state index contributed by atoms with van der Waals surface area (Å²) in [6, 6.07) is 10.5. The lowest BCUT2D eigenvalue weighted by molar-refractivity contribution is -0.750. The van der Waals surface area contributed by atoms with Crippen LogP contribution in [-0.2, 0) is 38.6 Å². The van der Waals surface area contributed by atoms with Crippen molar-refractivity contribution in [3.05, 3.63) is 100 Å². The molecule has 3 aliphatic rings. The second-order valence-corrected chi connectivity index (χ2v) is 10.6. The van der Waals surface area contributed by atoms with Crippen molar-refractivity contribution in [2.24, 2.45) is 0 Å². The number of benzene rings is 1. The van der Waals surface area contributed by atoms with Crippen molar-refractivity contribution in [3.63, 3.8) is 0 Å². The van der Waals surface area contributed by atoms with Crippen LogP contribution in [0.5, 0.6) is 0 Å². The number of nitrogens with one attached hydrogen (secondary N) is 2. The highest BCUT2D eigenvalue weighted by molar-refractivity contribution is 6.08. The Morgan fingerprint density at radius 2 is 2.10 bits per heavy atom. The lowest BCUT2D eigenvalue weighted by Gasteiger charge is -2.40. The maximum atomic E-state index is 11.6. The molecule has 0 amide bonds. The second-order valence-electron chi connectivity index (χ2n) is 10.6. The Morgan fingerprint density at radius 1 is 1.32 bits per heavy atom. The van der Waals surface area contributed by atoms with Crippen LogP contribution in [0.2, 0.25) is 0 Å². The van der Waals surface area contributed by atoms with Crippen molar-refractivity contribution < 1.29 is 28.7 Å². The fraction of sp³-hybridized carbons (Fsp3) is 0.344. The van der Waals surface area contributed by atoms with Gasteiger partial charge in [-0.1, -0.05) is 31.4 Å². The number of ether oxygens (including phenoxy) is 3. The van der Waals surface area contributed by atoms with E-state index < -0.39 is 12.2 Å². The summed E-state index contributed by atoms with van der Waals surface area (Å²) in [6.07, 6.45) is 2.95. The summed E-state index contributed by atoms with van der Waals surface area (Å²) in [4.78, 5) is 14.1. The second kappa shape index (κ2) is 11.7. The van der Waals surface area contributed by atoms with E-state index in [2.05, 4.69) is 42.4 Å². The van der Waals surface area contributed by atoms with Gasteiger partial charge in [0.1, 0.15) is 18.1 Å². The van der Waals surface area contributed by atoms with E-state index in [-0.39, 0.29) is 11.5 Å². The first kappa shape index (κ1) is 28.3. The Morgan fingerprint density at radius 3 is 2.73 bits per heavy atom. The minimum absolute atomic E-state index is 0.0182. The molecule has 1 aromatic heterocycles. The van der Waals surface area contributed by atoms with Crippen LogP contribution in [0.15, 0.2) is 72.4 Å². The summed E-state index contributed by atoms with van der Waals surface area (Å²) >= 11 is 0. The van der Waals surface area contributed by atoms with Crippen LogP contribution in [-0.4, -0.2) is 48.0 Å². The number of pyridine rings is 1. The van der Waals surface area contributed by atoms with E-state index in [1.165, 1.54) is 16.7 Å². The summed E-state index contributed by atoms with van der Waals surface area (Å²) in [6.45, 7) is 18.2. The zero-order valence-corrected chi connectivity index (χ0v) is 23.8. The van der Waals surface area contributed by atoms with E-state index in [0.29, 0.717) is 24.2 Å². The smallest absolute Gasteiger partial charge is 0.345 e. The number of hydrogen-bond acceptors (Lipinski definition) is 7. The van der Waals surface area contributed by atoms with Crippen LogP contribution >= 0.6 is 0 Å².